The van der Waals surface area contributed by atoms with E-state index in [9.17, 15) is 4.79 Å². The SMILES string of the molecule is CCc1cnc(CNC(=O)CC2CNCCO2)s1.Cl.Cl. The van der Waals surface area contributed by atoms with Crippen molar-refractivity contribution in [1.82, 2.24) is 15.6 Å². The van der Waals surface area contributed by atoms with Gasteiger partial charge in [0.15, 0.2) is 0 Å². The monoisotopic (exact) mass is 341 g/mol. The molecule has 2 heterocycles. The lowest BCUT2D eigenvalue weighted by Gasteiger charge is -2.22. The second kappa shape index (κ2) is 10.3. The number of nitrogens with one attached hydrogen (secondary N) is 2. The van der Waals surface area contributed by atoms with E-state index in [1.54, 1.807) is 11.3 Å². The normalized spacial score (nSPS) is 17.8. The summed E-state index contributed by atoms with van der Waals surface area (Å²) in [5.74, 6) is 0.0250. The van der Waals surface area contributed by atoms with Gasteiger partial charge in [0.1, 0.15) is 5.01 Å². The van der Waals surface area contributed by atoms with Gasteiger partial charge in [-0.2, -0.15) is 0 Å². The molecule has 116 valence electrons. The Hall–Kier alpha value is -0.400. The number of aromatic nitrogens is 1. The highest BCUT2D eigenvalue weighted by Gasteiger charge is 2.17. The van der Waals surface area contributed by atoms with Crippen LogP contribution in [0.25, 0.3) is 0 Å². The number of aryl methyl sites for hydroxylation is 1. The molecule has 0 bridgehead atoms. The first-order valence-electron chi connectivity index (χ1n) is 6.30. The number of morpholine rings is 1. The molecule has 1 aromatic rings. The van der Waals surface area contributed by atoms with E-state index in [-0.39, 0.29) is 36.8 Å². The number of hydrogen-bond donors (Lipinski definition) is 2. The minimum Gasteiger partial charge on any atom is -0.375 e. The zero-order valence-electron chi connectivity index (χ0n) is 11.4. The third-order valence-corrected chi connectivity index (χ3v) is 3.95. The van der Waals surface area contributed by atoms with Crippen molar-refractivity contribution in [3.63, 3.8) is 0 Å². The molecule has 5 nitrogen and oxygen atoms in total. The van der Waals surface area contributed by atoms with E-state index in [0.29, 0.717) is 19.6 Å². The number of rotatable bonds is 5. The summed E-state index contributed by atoms with van der Waals surface area (Å²) in [6, 6.07) is 0. The molecule has 1 aromatic heterocycles. The van der Waals surface area contributed by atoms with Crippen molar-refractivity contribution in [3.05, 3.63) is 16.1 Å². The van der Waals surface area contributed by atoms with Gasteiger partial charge in [0.25, 0.3) is 0 Å². The lowest BCUT2D eigenvalue weighted by Crippen LogP contribution is -2.41. The second-order valence-electron chi connectivity index (χ2n) is 4.25. The molecule has 0 spiro atoms. The summed E-state index contributed by atoms with van der Waals surface area (Å²) in [4.78, 5) is 17.2. The highest BCUT2D eigenvalue weighted by atomic mass is 35.5. The Labute approximate surface area is 135 Å². The fourth-order valence-corrected chi connectivity index (χ4v) is 2.60. The van der Waals surface area contributed by atoms with Crippen LogP contribution >= 0.6 is 36.2 Å². The van der Waals surface area contributed by atoms with Crippen molar-refractivity contribution in [2.75, 3.05) is 19.7 Å². The molecule has 2 rings (SSSR count). The molecule has 1 aliphatic rings. The molecule has 1 saturated heterocycles. The van der Waals surface area contributed by atoms with Crippen LogP contribution in [0.5, 0.6) is 0 Å². The average molecular weight is 342 g/mol. The van der Waals surface area contributed by atoms with Gasteiger partial charge in [-0.15, -0.1) is 36.2 Å². The Balaban J connectivity index is 0.00000180. The maximum Gasteiger partial charge on any atom is 0.223 e. The van der Waals surface area contributed by atoms with Crippen molar-refractivity contribution in [2.45, 2.75) is 32.4 Å². The van der Waals surface area contributed by atoms with Crippen molar-refractivity contribution in [2.24, 2.45) is 0 Å². The number of nitrogens with zero attached hydrogens (tertiary/aromatic N) is 1. The molecule has 20 heavy (non-hydrogen) atoms. The van der Waals surface area contributed by atoms with E-state index in [0.717, 1.165) is 24.5 Å². The Morgan fingerprint density at radius 2 is 2.40 bits per heavy atom. The van der Waals surface area contributed by atoms with Crippen molar-refractivity contribution in [1.29, 1.82) is 0 Å². The summed E-state index contributed by atoms with van der Waals surface area (Å²) in [6.45, 7) is 4.93. The predicted octanol–water partition coefficient (Wildman–Crippen LogP) is 1.54. The number of amides is 1. The number of hydrogen-bond acceptors (Lipinski definition) is 5. The van der Waals surface area contributed by atoms with Gasteiger partial charge in [0.2, 0.25) is 5.91 Å². The van der Waals surface area contributed by atoms with Crippen LogP contribution < -0.4 is 10.6 Å². The maximum atomic E-state index is 11.7. The van der Waals surface area contributed by atoms with Gasteiger partial charge >= 0.3 is 0 Å². The molecule has 0 radical (unpaired) electrons. The fraction of sp³-hybridized carbons (Fsp3) is 0.667. The largest absolute Gasteiger partial charge is 0.375 e. The summed E-state index contributed by atoms with van der Waals surface area (Å²) in [5.41, 5.74) is 0. The summed E-state index contributed by atoms with van der Waals surface area (Å²) in [5, 5.41) is 7.06. The van der Waals surface area contributed by atoms with Crippen LogP contribution in [-0.4, -0.2) is 36.7 Å². The average Bonchev–Trinajstić information content (AvgIpc) is 2.85. The fourth-order valence-electron chi connectivity index (χ4n) is 1.80. The molecule has 8 heteroatoms. The van der Waals surface area contributed by atoms with Crippen LogP contribution in [0.1, 0.15) is 23.2 Å². The Bertz CT molecular complexity index is 398. The van der Waals surface area contributed by atoms with Crippen LogP contribution in [0.2, 0.25) is 0 Å². The molecule has 1 aliphatic heterocycles. The highest BCUT2D eigenvalue weighted by molar-refractivity contribution is 7.11. The van der Waals surface area contributed by atoms with Crippen LogP contribution in [0.15, 0.2) is 6.20 Å². The zero-order valence-corrected chi connectivity index (χ0v) is 13.8. The van der Waals surface area contributed by atoms with Gasteiger partial charge in [-0.05, 0) is 6.42 Å². The quantitative estimate of drug-likeness (QED) is 0.852. The van der Waals surface area contributed by atoms with Crippen molar-refractivity contribution in [3.8, 4) is 0 Å². The molecular weight excluding hydrogens is 321 g/mol. The summed E-state index contributed by atoms with van der Waals surface area (Å²) in [7, 11) is 0. The molecule has 1 amide bonds. The van der Waals surface area contributed by atoms with E-state index in [1.165, 1.54) is 4.88 Å². The van der Waals surface area contributed by atoms with Crippen LogP contribution in [0.4, 0.5) is 0 Å². The van der Waals surface area contributed by atoms with E-state index in [4.69, 9.17) is 4.74 Å². The number of thiazole rings is 1. The van der Waals surface area contributed by atoms with Crippen LogP contribution in [-0.2, 0) is 22.5 Å². The number of halogens is 2. The zero-order chi connectivity index (χ0) is 12.8. The molecular formula is C12H21Cl2N3O2S. The van der Waals surface area contributed by atoms with E-state index in [2.05, 4.69) is 22.5 Å². The van der Waals surface area contributed by atoms with Gasteiger partial charge in [0.05, 0.1) is 25.7 Å². The molecule has 0 aromatic carbocycles. The second-order valence-corrected chi connectivity index (χ2v) is 5.45. The van der Waals surface area contributed by atoms with Gasteiger partial charge < -0.3 is 15.4 Å². The number of carbonyl (C=O) groups is 1. The summed E-state index contributed by atoms with van der Waals surface area (Å²) < 4.78 is 5.49. The highest BCUT2D eigenvalue weighted by Crippen LogP contribution is 2.13. The first-order valence-corrected chi connectivity index (χ1v) is 7.12. The molecule has 2 N–H and O–H groups in total. The van der Waals surface area contributed by atoms with E-state index >= 15 is 0 Å². The topological polar surface area (TPSA) is 63.2 Å². The predicted molar refractivity (Wildman–Crippen MR) is 85.1 cm³/mol. The minimum atomic E-state index is 0. The third-order valence-electron chi connectivity index (χ3n) is 2.80. The minimum absolute atomic E-state index is 0. The first kappa shape index (κ1) is 19.6. The first-order chi connectivity index (χ1) is 8.78. The lowest BCUT2D eigenvalue weighted by atomic mass is 10.2. The summed E-state index contributed by atoms with van der Waals surface area (Å²) >= 11 is 1.65. The standard InChI is InChI=1S/C12H19N3O2S.2ClH/c1-2-10-7-15-12(18-10)8-14-11(16)5-9-6-13-3-4-17-9;;/h7,9,13H,2-6,8H2,1H3,(H,14,16);2*1H. The van der Waals surface area contributed by atoms with Crippen LogP contribution in [0.3, 0.4) is 0 Å². The van der Waals surface area contributed by atoms with Gasteiger partial charge in [-0.1, -0.05) is 6.92 Å². The maximum absolute atomic E-state index is 11.7. The van der Waals surface area contributed by atoms with Crippen molar-refractivity contribution < 1.29 is 9.53 Å². The van der Waals surface area contributed by atoms with Crippen LogP contribution in [0, 0.1) is 0 Å². The van der Waals surface area contributed by atoms with Gasteiger partial charge in [-0.25, -0.2) is 4.98 Å². The Kier molecular flexibility index (Phi) is 10.1. The molecule has 1 atom stereocenters. The molecule has 0 saturated carbocycles. The number of carbonyl (C=O) groups excluding carboxylic acids is 1. The molecule has 0 aliphatic carbocycles. The third kappa shape index (κ3) is 6.37. The van der Waals surface area contributed by atoms with E-state index < -0.39 is 0 Å². The lowest BCUT2D eigenvalue weighted by molar-refractivity contribution is -0.124. The van der Waals surface area contributed by atoms with E-state index in [1.807, 2.05) is 6.20 Å². The molecule has 1 fully saturated rings. The van der Waals surface area contributed by atoms with Gasteiger partial charge in [0, 0.05) is 24.2 Å². The van der Waals surface area contributed by atoms with Crippen molar-refractivity contribution >= 4 is 42.1 Å². The van der Waals surface area contributed by atoms with Gasteiger partial charge in [-0.3, -0.25) is 4.79 Å². The summed E-state index contributed by atoms with van der Waals surface area (Å²) in [6.07, 6.45) is 3.29. The molecule has 1 unspecified atom stereocenters. The Morgan fingerprint density at radius 1 is 1.60 bits per heavy atom. The smallest absolute Gasteiger partial charge is 0.223 e. The Morgan fingerprint density at radius 3 is 3.00 bits per heavy atom. The number of ether oxygens (including phenoxy) is 1.